The van der Waals surface area contributed by atoms with Gasteiger partial charge in [0.25, 0.3) is 0 Å². The molecule has 0 saturated heterocycles. The van der Waals surface area contributed by atoms with E-state index in [1.807, 2.05) is 19.9 Å². The summed E-state index contributed by atoms with van der Waals surface area (Å²) in [6.07, 6.45) is 3.43. The molecule has 4 heteroatoms. The molecule has 0 bridgehead atoms. The van der Waals surface area contributed by atoms with Crippen LogP contribution >= 0.6 is 11.6 Å². The van der Waals surface area contributed by atoms with E-state index < -0.39 is 0 Å². The first-order valence-corrected chi connectivity index (χ1v) is 5.54. The molecule has 0 N–H and O–H groups in total. The van der Waals surface area contributed by atoms with Crippen molar-refractivity contribution in [2.75, 3.05) is 13.2 Å². The SMILES string of the molecule is CCOCC(C)Oc1ccncc1CCl. The number of halogens is 1. The van der Waals surface area contributed by atoms with E-state index in [9.17, 15) is 0 Å². The summed E-state index contributed by atoms with van der Waals surface area (Å²) >= 11 is 5.77. The van der Waals surface area contributed by atoms with Crippen molar-refractivity contribution in [3.63, 3.8) is 0 Å². The Morgan fingerprint density at radius 3 is 3.00 bits per heavy atom. The third kappa shape index (κ3) is 4.06. The zero-order valence-corrected chi connectivity index (χ0v) is 9.83. The Labute approximate surface area is 95.4 Å². The fourth-order valence-electron chi connectivity index (χ4n) is 1.16. The van der Waals surface area contributed by atoms with E-state index in [-0.39, 0.29) is 6.10 Å². The van der Waals surface area contributed by atoms with Crippen LogP contribution < -0.4 is 4.74 Å². The summed E-state index contributed by atoms with van der Waals surface area (Å²) in [5.74, 6) is 1.19. The van der Waals surface area contributed by atoms with Crippen molar-refractivity contribution >= 4 is 11.6 Å². The van der Waals surface area contributed by atoms with Crippen LogP contribution in [0.25, 0.3) is 0 Å². The minimum absolute atomic E-state index is 0.0225. The Kier molecular flexibility index (Phi) is 5.43. The lowest BCUT2D eigenvalue weighted by atomic mass is 10.3. The molecule has 1 aromatic heterocycles. The van der Waals surface area contributed by atoms with Gasteiger partial charge in [-0.15, -0.1) is 11.6 Å². The maximum Gasteiger partial charge on any atom is 0.127 e. The lowest BCUT2D eigenvalue weighted by Gasteiger charge is -2.16. The average molecular weight is 230 g/mol. The second-order valence-corrected chi connectivity index (χ2v) is 3.47. The van der Waals surface area contributed by atoms with Crippen molar-refractivity contribution in [3.05, 3.63) is 24.0 Å². The number of rotatable bonds is 6. The Morgan fingerprint density at radius 2 is 2.33 bits per heavy atom. The van der Waals surface area contributed by atoms with Crippen LogP contribution in [0.5, 0.6) is 5.75 Å². The number of hydrogen-bond acceptors (Lipinski definition) is 3. The number of alkyl halides is 1. The van der Waals surface area contributed by atoms with E-state index >= 15 is 0 Å². The average Bonchev–Trinajstić information content (AvgIpc) is 2.27. The molecule has 84 valence electrons. The first kappa shape index (κ1) is 12.3. The highest BCUT2D eigenvalue weighted by Gasteiger charge is 2.07. The second kappa shape index (κ2) is 6.64. The van der Waals surface area contributed by atoms with Crippen LogP contribution in [-0.4, -0.2) is 24.3 Å². The van der Waals surface area contributed by atoms with Gasteiger partial charge in [-0.05, 0) is 19.9 Å². The zero-order chi connectivity index (χ0) is 11.1. The highest BCUT2D eigenvalue weighted by Crippen LogP contribution is 2.19. The van der Waals surface area contributed by atoms with Gasteiger partial charge in [-0.1, -0.05) is 0 Å². The summed E-state index contributed by atoms with van der Waals surface area (Å²) in [4.78, 5) is 3.99. The van der Waals surface area contributed by atoms with E-state index in [4.69, 9.17) is 21.1 Å². The Morgan fingerprint density at radius 1 is 1.53 bits per heavy atom. The molecule has 15 heavy (non-hydrogen) atoms. The van der Waals surface area contributed by atoms with Crippen molar-refractivity contribution in [2.24, 2.45) is 0 Å². The number of pyridine rings is 1. The molecule has 1 aromatic rings. The maximum absolute atomic E-state index is 5.77. The molecule has 0 aromatic carbocycles. The van der Waals surface area contributed by atoms with E-state index in [0.717, 1.165) is 11.3 Å². The summed E-state index contributed by atoms with van der Waals surface area (Å²) in [7, 11) is 0. The molecule has 0 saturated carbocycles. The van der Waals surface area contributed by atoms with E-state index in [0.29, 0.717) is 19.1 Å². The van der Waals surface area contributed by atoms with Gasteiger partial charge in [-0.3, -0.25) is 4.98 Å². The first-order valence-electron chi connectivity index (χ1n) is 5.01. The van der Waals surface area contributed by atoms with Crippen LogP contribution in [-0.2, 0) is 10.6 Å². The summed E-state index contributed by atoms with van der Waals surface area (Å²) < 4.78 is 11.0. The van der Waals surface area contributed by atoms with Crippen LogP contribution in [0.15, 0.2) is 18.5 Å². The number of hydrogen-bond donors (Lipinski definition) is 0. The van der Waals surface area contributed by atoms with Gasteiger partial charge in [0.1, 0.15) is 11.9 Å². The summed E-state index contributed by atoms with van der Waals surface area (Å²) in [6.45, 7) is 5.21. The molecule has 3 nitrogen and oxygen atoms in total. The molecule has 1 heterocycles. The Bertz CT molecular complexity index is 294. The molecule has 1 atom stereocenters. The minimum Gasteiger partial charge on any atom is -0.488 e. The fraction of sp³-hybridized carbons (Fsp3) is 0.545. The molecular formula is C11H16ClNO2. The van der Waals surface area contributed by atoms with E-state index in [1.165, 1.54) is 0 Å². The normalized spacial score (nSPS) is 12.5. The molecule has 1 rings (SSSR count). The molecule has 0 aliphatic carbocycles. The van der Waals surface area contributed by atoms with E-state index in [1.54, 1.807) is 12.4 Å². The third-order valence-electron chi connectivity index (χ3n) is 1.89. The fourth-order valence-corrected chi connectivity index (χ4v) is 1.37. The predicted octanol–water partition coefficient (Wildman–Crippen LogP) is 2.62. The Hall–Kier alpha value is -0.800. The van der Waals surface area contributed by atoms with Crippen molar-refractivity contribution in [1.82, 2.24) is 4.98 Å². The van der Waals surface area contributed by atoms with Crippen molar-refractivity contribution in [3.8, 4) is 5.75 Å². The van der Waals surface area contributed by atoms with Gasteiger partial charge in [0, 0.05) is 24.6 Å². The molecule has 0 aliphatic rings. The summed E-state index contributed by atoms with van der Waals surface area (Å²) in [5, 5.41) is 0. The lowest BCUT2D eigenvalue weighted by molar-refractivity contribution is 0.0653. The molecule has 0 spiro atoms. The summed E-state index contributed by atoms with van der Waals surface area (Å²) in [6, 6.07) is 1.82. The van der Waals surface area contributed by atoms with Gasteiger partial charge in [-0.2, -0.15) is 0 Å². The molecule has 0 fully saturated rings. The van der Waals surface area contributed by atoms with Crippen molar-refractivity contribution in [2.45, 2.75) is 25.8 Å². The van der Waals surface area contributed by atoms with Crippen LogP contribution in [0, 0.1) is 0 Å². The second-order valence-electron chi connectivity index (χ2n) is 3.20. The monoisotopic (exact) mass is 229 g/mol. The van der Waals surface area contributed by atoms with E-state index in [2.05, 4.69) is 4.98 Å². The molecule has 0 amide bonds. The largest absolute Gasteiger partial charge is 0.488 e. The number of aromatic nitrogens is 1. The standard InChI is InChI=1S/C11H16ClNO2/c1-3-14-8-9(2)15-11-4-5-13-7-10(11)6-12/h4-5,7,9H,3,6,8H2,1-2H3. The van der Waals surface area contributed by atoms with Gasteiger partial charge in [0.05, 0.1) is 12.5 Å². The number of nitrogens with zero attached hydrogens (tertiary/aromatic N) is 1. The smallest absolute Gasteiger partial charge is 0.127 e. The zero-order valence-electron chi connectivity index (χ0n) is 9.07. The molecular weight excluding hydrogens is 214 g/mol. The van der Waals surface area contributed by atoms with Crippen molar-refractivity contribution in [1.29, 1.82) is 0 Å². The predicted molar refractivity (Wildman–Crippen MR) is 60.4 cm³/mol. The highest BCUT2D eigenvalue weighted by atomic mass is 35.5. The van der Waals surface area contributed by atoms with Crippen molar-refractivity contribution < 1.29 is 9.47 Å². The number of ether oxygens (including phenoxy) is 2. The van der Waals surface area contributed by atoms with Crippen LogP contribution in [0.3, 0.4) is 0 Å². The molecule has 0 aliphatic heterocycles. The van der Waals surface area contributed by atoms with Crippen LogP contribution in [0.2, 0.25) is 0 Å². The van der Waals surface area contributed by atoms with Gasteiger partial charge >= 0.3 is 0 Å². The van der Waals surface area contributed by atoms with Gasteiger partial charge in [0.2, 0.25) is 0 Å². The minimum atomic E-state index is 0.0225. The van der Waals surface area contributed by atoms with Gasteiger partial charge < -0.3 is 9.47 Å². The first-order chi connectivity index (χ1) is 7.27. The van der Waals surface area contributed by atoms with Gasteiger partial charge in [0.15, 0.2) is 0 Å². The lowest BCUT2D eigenvalue weighted by Crippen LogP contribution is -2.19. The summed E-state index contributed by atoms with van der Waals surface area (Å²) in [5.41, 5.74) is 0.905. The molecule has 1 unspecified atom stereocenters. The molecule has 0 radical (unpaired) electrons. The Balaban J connectivity index is 2.55. The maximum atomic E-state index is 5.77. The van der Waals surface area contributed by atoms with Crippen LogP contribution in [0.4, 0.5) is 0 Å². The topological polar surface area (TPSA) is 31.4 Å². The highest BCUT2D eigenvalue weighted by molar-refractivity contribution is 6.17. The van der Waals surface area contributed by atoms with Crippen LogP contribution in [0.1, 0.15) is 19.4 Å². The quantitative estimate of drug-likeness (QED) is 0.703. The van der Waals surface area contributed by atoms with Gasteiger partial charge in [-0.25, -0.2) is 0 Å². The third-order valence-corrected chi connectivity index (χ3v) is 2.18.